The number of thiophene rings is 1. The van der Waals surface area contributed by atoms with Gasteiger partial charge in [0.05, 0.1) is 28.9 Å². The van der Waals surface area contributed by atoms with Gasteiger partial charge in [-0.15, -0.1) is 11.3 Å². The number of carbonyl (C=O) groups excluding carboxylic acids is 1. The van der Waals surface area contributed by atoms with E-state index in [1.54, 1.807) is 25.2 Å². The summed E-state index contributed by atoms with van der Waals surface area (Å²) in [6.45, 7) is 0.102. The van der Waals surface area contributed by atoms with Crippen molar-refractivity contribution in [2.24, 2.45) is 0 Å². The molecule has 0 radical (unpaired) electrons. The fraction of sp³-hybridized carbons (Fsp3) is 0.188. The molecule has 136 valence electrons. The number of nitrogens with zero attached hydrogens (tertiary/aromatic N) is 3. The maximum absolute atomic E-state index is 12.7. The monoisotopic (exact) mass is 392 g/mol. The molecule has 2 aromatic heterocycles. The summed E-state index contributed by atoms with van der Waals surface area (Å²) < 4.78 is 30.5. The Kier molecular flexibility index (Phi) is 5.05. The van der Waals surface area contributed by atoms with Crippen LogP contribution in [0.1, 0.15) is 16.2 Å². The molecule has 26 heavy (non-hydrogen) atoms. The first-order chi connectivity index (χ1) is 12.3. The quantitative estimate of drug-likeness (QED) is 0.691. The zero-order valence-corrected chi connectivity index (χ0v) is 15.7. The summed E-state index contributed by atoms with van der Waals surface area (Å²) in [6, 6.07) is 10.2. The van der Waals surface area contributed by atoms with E-state index in [9.17, 15) is 13.2 Å². The molecule has 0 aliphatic heterocycles. The molecular weight excluding hydrogens is 376 g/mol. The van der Waals surface area contributed by atoms with Gasteiger partial charge in [-0.3, -0.25) is 9.52 Å². The summed E-state index contributed by atoms with van der Waals surface area (Å²) in [4.78, 5) is 19.2. The molecule has 1 aromatic carbocycles. The van der Waals surface area contributed by atoms with Gasteiger partial charge in [0.15, 0.2) is 0 Å². The van der Waals surface area contributed by atoms with E-state index < -0.39 is 10.0 Å². The van der Waals surface area contributed by atoms with Gasteiger partial charge < -0.3 is 9.42 Å². The van der Waals surface area contributed by atoms with Crippen LogP contribution in [0.5, 0.6) is 0 Å². The number of aromatic nitrogens is 2. The third-order valence-corrected chi connectivity index (χ3v) is 4.84. The third-order valence-electron chi connectivity index (χ3n) is 3.38. The van der Waals surface area contributed by atoms with Gasteiger partial charge in [-0.1, -0.05) is 23.4 Å². The molecule has 10 heteroatoms. The zero-order valence-electron chi connectivity index (χ0n) is 14.0. The van der Waals surface area contributed by atoms with Crippen LogP contribution in [-0.2, 0) is 16.6 Å². The molecule has 0 atom stereocenters. The number of nitrogens with one attached hydrogen (secondary N) is 1. The fourth-order valence-corrected chi connectivity index (χ4v) is 3.49. The third kappa shape index (κ3) is 4.27. The molecule has 0 aliphatic rings. The minimum Gasteiger partial charge on any atom is -0.337 e. The summed E-state index contributed by atoms with van der Waals surface area (Å²) in [5.41, 5.74) is 0.454. The predicted octanol–water partition coefficient (Wildman–Crippen LogP) is 2.44. The molecule has 1 N–H and O–H groups in total. The van der Waals surface area contributed by atoms with Crippen molar-refractivity contribution in [3.63, 3.8) is 0 Å². The average Bonchev–Trinajstić information content (AvgIpc) is 3.24. The lowest BCUT2D eigenvalue weighted by atomic mass is 10.1. The van der Waals surface area contributed by atoms with Gasteiger partial charge in [0, 0.05) is 7.05 Å². The van der Waals surface area contributed by atoms with Crippen molar-refractivity contribution in [2.45, 2.75) is 6.54 Å². The van der Waals surface area contributed by atoms with Crippen molar-refractivity contribution < 1.29 is 17.7 Å². The number of carbonyl (C=O) groups is 1. The lowest BCUT2D eigenvalue weighted by molar-refractivity contribution is 0.0770. The molecule has 2 heterocycles. The van der Waals surface area contributed by atoms with E-state index in [-0.39, 0.29) is 29.6 Å². The maximum Gasteiger partial charge on any atom is 0.256 e. The Bertz CT molecular complexity index is 1010. The highest BCUT2D eigenvalue weighted by Crippen LogP contribution is 2.22. The molecule has 3 aromatic rings. The molecule has 0 saturated heterocycles. The topological polar surface area (TPSA) is 105 Å². The molecule has 0 aliphatic carbocycles. The van der Waals surface area contributed by atoms with Gasteiger partial charge >= 0.3 is 0 Å². The minimum atomic E-state index is -3.50. The van der Waals surface area contributed by atoms with Crippen LogP contribution in [-0.4, -0.2) is 42.7 Å². The van der Waals surface area contributed by atoms with Gasteiger partial charge in [-0.05, 0) is 23.6 Å². The summed E-state index contributed by atoms with van der Waals surface area (Å²) in [7, 11) is -1.92. The van der Waals surface area contributed by atoms with Crippen molar-refractivity contribution in [3.8, 4) is 10.7 Å². The first-order valence-corrected chi connectivity index (χ1v) is 10.3. The number of hydrogen-bond acceptors (Lipinski definition) is 7. The zero-order chi connectivity index (χ0) is 18.7. The van der Waals surface area contributed by atoms with Crippen LogP contribution >= 0.6 is 11.3 Å². The Morgan fingerprint density at radius 2 is 2.04 bits per heavy atom. The molecular formula is C16H16N4O4S2. The summed E-state index contributed by atoms with van der Waals surface area (Å²) in [5, 5.41) is 5.81. The lowest BCUT2D eigenvalue weighted by Gasteiger charge is -2.17. The summed E-state index contributed by atoms with van der Waals surface area (Å²) in [5.74, 6) is 0.389. The number of hydrogen-bond donors (Lipinski definition) is 1. The number of amides is 1. The van der Waals surface area contributed by atoms with E-state index in [4.69, 9.17) is 4.52 Å². The Labute approximate surface area is 154 Å². The number of benzene rings is 1. The molecule has 0 fully saturated rings. The Morgan fingerprint density at radius 3 is 2.73 bits per heavy atom. The Balaban J connectivity index is 1.76. The highest BCUT2D eigenvalue weighted by Gasteiger charge is 2.20. The van der Waals surface area contributed by atoms with Gasteiger partial charge in [-0.2, -0.15) is 4.98 Å². The van der Waals surface area contributed by atoms with E-state index >= 15 is 0 Å². The summed E-state index contributed by atoms with van der Waals surface area (Å²) >= 11 is 1.49. The van der Waals surface area contributed by atoms with Crippen molar-refractivity contribution in [1.82, 2.24) is 15.0 Å². The van der Waals surface area contributed by atoms with Crippen LogP contribution in [0.25, 0.3) is 10.7 Å². The SMILES string of the molecule is CN(Cc1nc(-c2cccs2)no1)C(=O)c1ccccc1NS(C)(=O)=O. The highest BCUT2D eigenvalue weighted by molar-refractivity contribution is 7.92. The van der Waals surface area contributed by atoms with Crippen molar-refractivity contribution in [2.75, 3.05) is 18.0 Å². The van der Waals surface area contributed by atoms with E-state index in [0.29, 0.717) is 5.82 Å². The van der Waals surface area contributed by atoms with Gasteiger partial charge in [0.2, 0.25) is 21.7 Å². The Hall–Kier alpha value is -2.72. The maximum atomic E-state index is 12.7. The smallest absolute Gasteiger partial charge is 0.256 e. The van der Waals surface area contributed by atoms with Crippen LogP contribution in [0.2, 0.25) is 0 Å². The second kappa shape index (κ2) is 7.26. The number of para-hydroxylation sites is 1. The second-order valence-corrected chi connectivity index (χ2v) is 8.27. The minimum absolute atomic E-state index is 0.102. The van der Waals surface area contributed by atoms with Crippen molar-refractivity contribution in [3.05, 3.63) is 53.2 Å². The molecule has 0 spiro atoms. The van der Waals surface area contributed by atoms with Crippen LogP contribution in [0.15, 0.2) is 46.3 Å². The van der Waals surface area contributed by atoms with E-state index in [2.05, 4.69) is 14.9 Å². The molecule has 8 nitrogen and oxygen atoms in total. The van der Waals surface area contributed by atoms with E-state index in [0.717, 1.165) is 11.1 Å². The normalized spacial score (nSPS) is 11.3. The van der Waals surface area contributed by atoms with Crippen LogP contribution in [0.3, 0.4) is 0 Å². The highest BCUT2D eigenvalue weighted by atomic mass is 32.2. The van der Waals surface area contributed by atoms with Crippen LogP contribution < -0.4 is 4.72 Å². The first-order valence-electron chi connectivity index (χ1n) is 7.52. The second-order valence-electron chi connectivity index (χ2n) is 5.57. The largest absolute Gasteiger partial charge is 0.337 e. The Morgan fingerprint density at radius 1 is 1.27 bits per heavy atom. The summed E-state index contributed by atoms with van der Waals surface area (Å²) in [6.07, 6.45) is 1.03. The predicted molar refractivity (Wildman–Crippen MR) is 98.3 cm³/mol. The van der Waals surface area contributed by atoms with Crippen LogP contribution in [0.4, 0.5) is 5.69 Å². The molecule has 0 unspecified atom stereocenters. The van der Waals surface area contributed by atoms with Gasteiger partial charge in [-0.25, -0.2) is 8.42 Å². The first kappa shape index (κ1) is 18.1. The van der Waals surface area contributed by atoms with Gasteiger partial charge in [0.25, 0.3) is 5.91 Å². The number of anilines is 1. The molecule has 3 rings (SSSR count). The van der Waals surface area contributed by atoms with Crippen molar-refractivity contribution in [1.29, 1.82) is 0 Å². The van der Waals surface area contributed by atoms with Crippen molar-refractivity contribution >= 4 is 33.0 Å². The molecule has 1 amide bonds. The van der Waals surface area contributed by atoms with Gasteiger partial charge in [0.1, 0.15) is 0 Å². The van der Waals surface area contributed by atoms with E-state index in [1.165, 1.54) is 22.3 Å². The van der Waals surface area contributed by atoms with Crippen LogP contribution in [0, 0.1) is 0 Å². The molecule has 0 bridgehead atoms. The van der Waals surface area contributed by atoms with E-state index in [1.807, 2.05) is 17.5 Å². The number of rotatable bonds is 6. The number of sulfonamides is 1. The average molecular weight is 392 g/mol. The lowest BCUT2D eigenvalue weighted by Crippen LogP contribution is -2.27. The standard InChI is InChI=1S/C16H16N4O4S2/c1-20(10-14-17-15(18-24-14)13-8-5-9-25-13)16(21)11-6-3-4-7-12(11)19-26(2,22)23/h3-9,19H,10H2,1-2H3. The fourth-order valence-electron chi connectivity index (χ4n) is 2.26. The molecule has 0 saturated carbocycles.